The van der Waals surface area contributed by atoms with E-state index in [2.05, 4.69) is 4.98 Å². The first-order valence-corrected chi connectivity index (χ1v) is 6.62. The SMILES string of the molecule is CCC(=O)c1ccc(-c2ccc3ncsc3c2)o1. The highest BCUT2D eigenvalue weighted by Gasteiger charge is 2.10. The molecule has 0 bridgehead atoms. The number of benzene rings is 1. The van der Waals surface area contributed by atoms with E-state index < -0.39 is 0 Å². The molecule has 3 nitrogen and oxygen atoms in total. The van der Waals surface area contributed by atoms with Gasteiger partial charge in [-0.05, 0) is 30.3 Å². The minimum atomic E-state index is 0.0279. The Morgan fingerprint density at radius 1 is 1.33 bits per heavy atom. The molecule has 2 aromatic heterocycles. The van der Waals surface area contributed by atoms with E-state index in [1.165, 1.54) is 0 Å². The second-order valence-electron chi connectivity index (χ2n) is 3.98. The number of fused-ring (bicyclic) bond motifs is 1. The van der Waals surface area contributed by atoms with Crippen LogP contribution in [0.1, 0.15) is 23.9 Å². The molecule has 0 fully saturated rings. The minimum Gasteiger partial charge on any atom is -0.453 e. The molecule has 3 aromatic rings. The Hall–Kier alpha value is -1.94. The summed E-state index contributed by atoms with van der Waals surface area (Å²) in [7, 11) is 0. The minimum absolute atomic E-state index is 0.0279. The van der Waals surface area contributed by atoms with Gasteiger partial charge < -0.3 is 4.42 Å². The van der Waals surface area contributed by atoms with Crippen molar-refractivity contribution in [2.24, 2.45) is 0 Å². The van der Waals surface area contributed by atoms with Gasteiger partial charge in [0.05, 0.1) is 15.7 Å². The number of thiazole rings is 1. The first-order chi connectivity index (χ1) is 8.78. The van der Waals surface area contributed by atoms with Crippen molar-refractivity contribution in [3.8, 4) is 11.3 Å². The highest BCUT2D eigenvalue weighted by Crippen LogP contribution is 2.27. The van der Waals surface area contributed by atoms with E-state index in [0.29, 0.717) is 12.2 Å². The van der Waals surface area contributed by atoms with Crippen LogP contribution in [0.25, 0.3) is 21.5 Å². The number of aromatic nitrogens is 1. The Balaban J connectivity index is 2.03. The van der Waals surface area contributed by atoms with Crippen LogP contribution >= 0.6 is 11.3 Å². The highest BCUT2D eigenvalue weighted by atomic mass is 32.1. The third kappa shape index (κ3) is 1.84. The molecular formula is C14H11NO2S. The van der Waals surface area contributed by atoms with Gasteiger partial charge >= 0.3 is 0 Å². The van der Waals surface area contributed by atoms with Crippen molar-refractivity contribution < 1.29 is 9.21 Å². The van der Waals surface area contributed by atoms with Crippen LogP contribution in [0, 0.1) is 0 Å². The number of nitrogens with zero attached hydrogens (tertiary/aromatic N) is 1. The predicted molar refractivity (Wildman–Crippen MR) is 71.9 cm³/mol. The molecule has 0 amide bonds. The number of hydrogen-bond donors (Lipinski definition) is 0. The van der Waals surface area contributed by atoms with Gasteiger partial charge in [-0.3, -0.25) is 4.79 Å². The molecule has 0 saturated carbocycles. The van der Waals surface area contributed by atoms with Gasteiger partial charge in [-0.15, -0.1) is 11.3 Å². The van der Waals surface area contributed by atoms with Gasteiger partial charge in [-0.1, -0.05) is 6.92 Å². The molecule has 0 aliphatic rings. The van der Waals surface area contributed by atoms with Crippen molar-refractivity contribution in [2.75, 3.05) is 0 Å². The van der Waals surface area contributed by atoms with Gasteiger partial charge in [-0.25, -0.2) is 4.98 Å². The smallest absolute Gasteiger partial charge is 0.197 e. The molecule has 0 spiro atoms. The molecule has 90 valence electrons. The van der Waals surface area contributed by atoms with E-state index in [1.54, 1.807) is 17.4 Å². The molecular weight excluding hydrogens is 246 g/mol. The Labute approximate surface area is 108 Å². The first-order valence-electron chi connectivity index (χ1n) is 5.74. The van der Waals surface area contributed by atoms with E-state index in [4.69, 9.17) is 4.42 Å². The van der Waals surface area contributed by atoms with Crippen LogP contribution in [-0.4, -0.2) is 10.8 Å². The Morgan fingerprint density at radius 3 is 3.06 bits per heavy atom. The Bertz CT molecular complexity index is 711. The Morgan fingerprint density at radius 2 is 2.22 bits per heavy atom. The molecule has 0 saturated heterocycles. The summed E-state index contributed by atoms with van der Waals surface area (Å²) in [6.45, 7) is 1.83. The maximum atomic E-state index is 11.5. The van der Waals surface area contributed by atoms with Gasteiger partial charge in [0.1, 0.15) is 5.76 Å². The van der Waals surface area contributed by atoms with E-state index in [0.717, 1.165) is 21.5 Å². The van der Waals surface area contributed by atoms with Gasteiger partial charge in [0.25, 0.3) is 0 Å². The second-order valence-corrected chi connectivity index (χ2v) is 4.86. The van der Waals surface area contributed by atoms with Crippen molar-refractivity contribution >= 4 is 27.3 Å². The fraction of sp³-hybridized carbons (Fsp3) is 0.143. The fourth-order valence-electron chi connectivity index (χ4n) is 1.83. The van der Waals surface area contributed by atoms with Crippen LogP contribution in [0.4, 0.5) is 0 Å². The molecule has 0 radical (unpaired) electrons. The summed E-state index contributed by atoms with van der Waals surface area (Å²) in [6, 6.07) is 9.53. The number of carbonyl (C=O) groups excluding carboxylic acids is 1. The maximum Gasteiger partial charge on any atom is 0.197 e. The lowest BCUT2D eigenvalue weighted by Crippen LogP contribution is -1.92. The molecule has 0 atom stereocenters. The molecule has 0 unspecified atom stereocenters. The topological polar surface area (TPSA) is 43.1 Å². The van der Waals surface area contributed by atoms with Crippen LogP contribution in [0.15, 0.2) is 40.3 Å². The molecule has 18 heavy (non-hydrogen) atoms. The standard InChI is InChI=1S/C14H11NO2S/c1-2-11(16)13-6-5-12(17-13)9-3-4-10-14(7-9)18-8-15-10/h3-8H,2H2,1H3. The quantitative estimate of drug-likeness (QED) is 0.662. The van der Waals surface area contributed by atoms with Crippen LogP contribution in [0.2, 0.25) is 0 Å². The number of furan rings is 1. The van der Waals surface area contributed by atoms with E-state index in [9.17, 15) is 4.79 Å². The van der Waals surface area contributed by atoms with Crippen molar-refractivity contribution in [3.05, 3.63) is 41.6 Å². The van der Waals surface area contributed by atoms with Gasteiger partial charge in [0.2, 0.25) is 0 Å². The van der Waals surface area contributed by atoms with Crippen LogP contribution in [0.3, 0.4) is 0 Å². The fourth-order valence-corrected chi connectivity index (χ4v) is 2.54. The molecule has 0 aliphatic carbocycles. The molecule has 1 aromatic carbocycles. The second kappa shape index (κ2) is 4.38. The summed E-state index contributed by atoms with van der Waals surface area (Å²) in [5.41, 5.74) is 3.78. The molecule has 4 heteroatoms. The third-order valence-corrected chi connectivity index (χ3v) is 3.61. The van der Waals surface area contributed by atoms with E-state index in [-0.39, 0.29) is 5.78 Å². The van der Waals surface area contributed by atoms with Crippen molar-refractivity contribution in [2.45, 2.75) is 13.3 Å². The van der Waals surface area contributed by atoms with E-state index in [1.807, 2.05) is 36.7 Å². The van der Waals surface area contributed by atoms with Gasteiger partial charge in [0.15, 0.2) is 11.5 Å². The summed E-state index contributed by atoms with van der Waals surface area (Å²) >= 11 is 1.59. The number of rotatable bonds is 3. The monoisotopic (exact) mass is 257 g/mol. The van der Waals surface area contributed by atoms with Crippen LogP contribution in [0.5, 0.6) is 0 Å². The van der Waals surface area contributed by atoms with Gasteiger partial charge in [0, 0.05) is 12.0 Å². The lowest BCUT2D eigenvalue weighted by molar-refractivity contribution is 0.0962. The third-order valence-electron chi connectivity index (χ3n) is 2.82. The lowest BCUT2D eigenvalue weighted by atomic mass is 10.1. The van der Waals surface area contributed by atoms with Crippen LogP contribution < -0.4 is 0 Å². The zero-order chi connectivity index (χ0) is 12.5. The Kier molecular flexibility index (Phi) is 2.72. The van der Waals surface area contributed by atoms with Crippen molar-refractivity contribution in [1.82, 2.24) is 4.98 Å². The normalized spacial score (nSPS) is 10.9. The number of carbonyl (C=O) groups is 1. The summed E-state index contributed by atoms with van der Waals surface area (Å²) in [5, 5.41) is 0. The number of hydrogen-bond acceptors (Lipinski definition) is 4. The average Bonchev–Trinajstić information content (AvgIpc) is 3.05. The zero-order valence-electron chi connectivity index (χ0n) is 9.84. The van der Waals surface area contributed by atoms with Crippen LogP contribution in [-0.2, 0) is 0 Å². The predicted octanol–water partition coefficient (Wildman–Crippen LogP) is 4.15. The van der Waals surface area contributed by atoms with E-state index >= 15 is 0 Å². The lowest BCUT2D eigenvalue weighted by Gasteiger charge is -1.97. The molecule has 2 heterocycles. The number of ketones is 1. The summed E-state index contributed by atoms with van der Waals surface area (Å²) < 4.78 is 6.70. The highest BCUT2D eigenvalue weighted by molar-refractivity contribution is 7.16. The first kappa shape index (κ1) is 11.2. The van der Waals surface area contributed by atoms with Crippen molar-refractivity contribution in [1.29, 1.82) is 0 Å². The summed E-state index contributed by atoms with van der Waals surface area (Å²) in [6.07, 6.45) is 0.459. The molecule has 0 aliphatic heterocycles. The largest absolute Gasteiger partial charge is 0.453 e. The average molecular weight is 257 g/mol. The molecule has 3 rings (SSSR count). The van der Waals surface area contributed by atoms with Gasteiger partial charge in [-0.2, -0.15) is 0 Å². The number of Topliss-reactive ketones (excluding diaryl/α,β-unsaturated/α-hetero) is 1. The zero-order valence-corrected chi connectivity index (χ0v) is 10.7. The maximum absolute atomic E-state index is 11.5. The summed E-state index contributed by atoms with van der Waals surface area (Å²) in [5.74, 6) is 1.18. The van der Waals surface area contributed by atoms with Crippen molar-refractivity contribution in [3.63, 3.8) is 0 Å². The summed E-state index contributed by atoms with van der Waals surface area (Å²) in [4.78, 5) is 15.8. The molecule has 0 N–H and O–H groups in total.